The maximum absolute atomic E-state index is 12.2. The van der Waals surface area contributed by atoms with Gasteiger partial charge in [-0.15, -0.1) is 0 Å². The summed E-state index contributed by atoms with van der Waals surface area (Å²) in [5.41, 5.74) is 0. The van der Waals surface area contributed by atoms with Crippen molar-refractivity contribution < 1.29 is 27.8 Å². The molecule has 0 radical (unpaired) electrons. The van der Waals surface area contributed by atoms with Crippen LogP contribution in [0.3, 0.4) is 0 Å². The Kier molecular flexibility index (Phi) is 4.90. The van der Waals surface area contributed by atoms with E-state index in [0.29, 0.717) is 0 Å². The first-order chi connectivity index (χ1) is 10.2. The van der Waals surface area contributed by atoms with Gasteiger partial charge >= 0.3 is 0 Å². The third-order valence-electron chi connectivity index (χ3n) is 3.70. The van der Waals surface area contributed by atoms with Crippen LogP contribution in [0.15, 0.2) is 16.5 Å². The highest BCUT2D eigenvalue weighted by atomic mass is 32.2. The smallest absolute Gasteiger partial charge is 0.289 e. The molecule has 0 unspecified atom stereocenters. The Hall–Kier alpha value is -1.42. The fourth-order valence-corrected chi connectivity index (χ4v) is 3.50. The van der Waals surface area contributed by atoms with Crippen molar-refractivity contribution in [2.45, 2.75) is 12.7 Å². The molecule has 2 rings (SSSR count). The number of carbonyl (C=O) groups excluding carboxylic acids is 1. The van der Waals surface area contributed by atoms with Crippen LogP contribution in [0, 0.1) is 5.92 Å². The number of hydrogen-bond donors (Lipinski definition) is 2. The average molecular weight is 332 g/mol. The van der Waals surface area contributed by atoms with Crippen LogP contribution in [-0.4, -0.2) is 72.8 Å². The molecule has 0 bridgehead atoms. The lowest BCUT2D eigenvalue weighted by Gasteiger charge is -2.17. The Labute approximate surface area is 129 Å². The van der Waals surface area contributed by atoms with Crippen LogP contribution < -0.4 is 0 Å². The Morgan fingerprint density at radius 1 is 1.41 bits per heavy atom. The van der Waals surface area contributed by atoms with Gasteiger partial charge in [-0.05, 0) is 12.1 Å². The van der Waals surface area contributed by atoms with Crippen molar-refractivity contribution in [3.05, 3.63) is 23.7 Å². The second-order valence-corrected chi connectivity index (χ2v) is 7.75. The Bertz CT molecular complexity index is 639. The van der Waals surface area contributed by atoms with E-state index >= 15 is 0 Å². The van der Waals surface area contributed by atoms with Crippen molar-refractivity contribution in [1.82, 2.24) is 9.21 Å². The summed E-state index contributed by atoms with van der Waals surface area (Å²) in [7, 11) is -0.590. The number of nitrogens with zero attached hydrogens (tertiary/aromatic N) is 2. The van der Waals surface area contributed by atoms with Gasteiger partial charge in [0.25, 0.3) is 5.91 Å². The highest BCUT2D eigenvalue weighted by molar-refractivity contribution is 7.89. The molecule has 0 aliphatic carbocycles. The SMILES string of the molecule is CN(C)S(=O)(=O)C[C@@H]1CN(C(=O)c2ccc(CO)o2)C[C@H]1O. The molecule has 2 atom stereocenters. The third-order valence-corrected chi connectivity index (χ3v) is 5.67. The van der Waals surface area contributed by atoms with E-state index in [1.165, 1.54) is 31.1 Å². The van der Waals surface area contributed by atoms with Crippen LogP contribution in [0.5, 0.6) is 0 Å². The third kappa shape index (κ3) is 3.49. The number of sulfonamides is 1. The molecule has 124 valence electrons. The molecule has 1 aliphatic rings. The zero-order chi connectivity index (χ0) is 16.5. The Morgan fingerprint density at radius 2 is 2.09 bits per heavy atom. The first kappa shape index (κ1) is 16.9. The predicted octanol–water partition coefficient (Wildman–Crippen LogP) is -0.904. The Balaban J connectivity index is 2.05. The molecule has 1 fully saturated rings. The number of aliphatic hydroxyl groups is 2. The number of furan rings is 1. The van der Waals surface area contributed by atoms with E-state index in [-0.39, 0.29) is 37.0 Å². The minimum Gasteiger partial charge on any atom is -0.453 e. The summed E-state index contributed by atoms with van der Waals surface area (Å²) in [5, 5.41) is 18.9. The summed E-state index contributed by atoms with van der Waals surface area (Å²) in [6.45, 7) is -0.108. The quantitative estimate of drug-likeness (QED) is 0.722. The molecule has 2 N–H and O–H groups in total. The second kappa shape index (κ2) is 6.37. The number of aliphatic hydroxyl groups excluding tert-OH is 2. The minimum absolute atomic E-state index is 0.0571. The molecule has 9 heteroatoms. The van der Waals surface area contributed by atoms with Gasteiger partial charge in [0, 0.05) is 33.1 Å². The van der Waals surface area contributed by atoms with E-state index in [1.807, 2.05) is 0 Å². The molecule has 0 aromatic carbocycles. The molecule has 1 aliphatic heterocycles. The van der Waals surface area contributed by atoms with Gasteiger partial charge in [-0.25, -0.2) is 12.7 Å². The maximum Gasteiger partial charge on any atom is 0.289 e. The fraction of sp³-hybridized carbons (Fsp3) is 0.615. The highest BCUT2D eigenvalue weighted by Crippen LogP contribution is 2.22. The first-order valence-electron chi connectivity index (χ1n) is 6.81. The van der Waals surface area contributed by atoms with Crippen molar-refractivity contribution in [2.24, 2.45) is 5.92 Å². The van der Waals surface area contributed by atoms with Gasteiger partial charge in [0.1, 0.15) is 12.4 Å². The van der Waals surface area contributed by atoms with Crippen molar-refractivity contribution >= 4 is 15.9 Å². The number of likely N-dealkylation sites (tertiary alicyclic amines) is 1. The van der Waals surface area contributed by atoms with Crippen LogP contribution in [0.25, 0.3) is 0 Å². The van der Waals surface area contributed by atoms with E-state index in [0.717, 1.165) is 4.31 Å². The molecule has 1 amide bonds. The van der Waals surface area contributed by atoms with Crippen LogP contribution >= 0.6 is 0 Å². The van der Waals surface area contributed by atoms with Crippen LogP contribution in [0.2, 0.25) is 0 Å². The molecule has 0 saturated carbocycles. The minimum atomic E-state index is -3.45. The van der Waals surface area contributed by atoms with E-state index in [4.69, 9.17) is 9.52 Å². The fourth-order valence-electron chi connectivity index (χ4n) is 2.34. The van der Waals surface area contributed by atoms with Crippen LogP contribution in [0.1, 0.15) is 16.3 Å². The largest absolute Gasteiger partial charge is 0.453 e. The molecule has 22 heavy (non-hydrogen) atoms. The second-order valence-electron chi connectivity index (χ2n) is 5.52. The van der Waals surface area contributed by atoms with Crippen molar-refractivity contribution in [1.29, 1.82) is 0 Å². The number of rotatable bonds is 5. The van der Waals surface area contributed by atoms with Gasteiger partial charge in [0.2, 0.25) is 10.0 Å². The number of carbonyl (C=O) groups is 1. The van der Waals surface area contributed by atoms with Gasteiger partial charge in [0.15, 0.2) is 5.76 Å². The maximum atomic E-state index is 12.2. The molecule has 0 spiro atoms. The zero-order valence-electron chi connectivity index (χ0n) is 12.5. The lowest BCUT2D eigenvalue weighted by molar-refractivity contribution is 0.0729. The van der Waals surface area contributed by atoms with Gasteiger partial charge in [-0.2, -0.15) is 0 Å². The van der Waals surface area contributed by atoms with Crippen molar-refractivity contribution in [3.63, 3.8) is 0 Å². The number of amides is 1. The topological polar surface area (TPSA) is 111 Å². The van der Waals surface area contributed by atoms with E-state index in [9.17, 15) is 18.3 Å². The molecule has 8 nitrogen and oxygen atoms in total. The number of hydrogen-bond acceptors (Lipinski definition) is 6. The average Bonchev–Trinajstić information content (AvgIpc) is 3.05. The van der Waals surface area contributed by atoms with Crippen LogP contribution in [-0.2, 0) is 16.6 Å². The summed E-state index contributed by atoms with van der Waals surface area (Å²) in [4.78, 5) is 13.6. The van der Waals surface area contributed by atoms with Crippen molar-refractivity contribution in [3.8, 4) is 0 Å². The summed E-state index contributed by atoms with van der Waals surface area (Å²) >= 11 is 0. The highest BCUT2D eigenvalue weighted by Gasteiger charge is 2.38. The standard InChI is InChI=1S/C13H20N2O6S/c1-14(2)22(19,20)8-9-5-15(6-11(9)17)13(18)12-4-3-10(7-16)21-12/h3-4,9,11,16-17H,5-8H2,1-2H3/t9-,11+/m0/s1. The predicted molar refractivity (Wildman–Crippen MR) is 77.5 cm³/mol. The van der Waals surface area contributed by atoms with Gasteiger partial charge < -0.3 is 19.5 Å². The molecule has 1 aromatic rings. The van der Waals surface area contributed by atoms with Crippen LogP contribution in [0.4, 0.5) is 0 Å². The molecule has 1 saturated heterocycles. The lowest BCUT2D eigenvalue weighted by Crippen LogP contribution is -2.33. The summed E-state index contributed by atoms with van der Waals surface area (Å²) in [6, 6.07) is 2.94. The van der Waals surface area contributed by atoms with E-state index in [1.54, 1.807) is 0 Å². The lowest BCUT2D eigenvalue weighted by atomic mass is 10.1. The summed E-state index contributed by atoms with van der Waals surface area (Å²) in [5.74, 6) is -0.848. The zero-order valence-corrected chi connectivity index (χ0v) is 13.3. The van der Waals surface area contributed by atoms with E-state index < -0.39 is 28.0 Å². The van der Waals surface area contributed by atoms with Crippen molar-refractivity contribution in [2.75, 3.05) is 32.9 Å². The molecule has 1 aromatic heterocycles. The van der Waals surface area contributed by atoms with Gasteiger partial charge in [-0.3, -0.25) is 4.79 Å². The molecular weight excluding hydrogens is 312 g/mol. The van der Waals surface area contributed by atoms with E-state index in [2.05, 4.69) is 0 Å². The monoisotopic (exact) mass is 332 g/mol. The number of β-amino-alcohol motifs (C(OH)–C–C–N with tert-alkyl or cyclic N) is 1. The molecular formula is C13H20N2O6S. The summed E-state index contributed by atoms with van der Waals surface area (Å²) < 4.78 is 30.0. The normalized spacial score (nSPS) is 22.5. The summed E-state index contributed by atoms with van der Waals surface area (Å²) in [6.07, 6.45) is -0.897. The Morgan fingerprint density at radius 3 is 2.64 bits per heavy atom. The van der Waals surface area contributed by atoms with Gasteiger partial charge in [0.05, 0.1) is 11.9 Å². The first-order valence-corrected chi connectivity index (χ1v) is 8.42. The van der Waals surface area contributed by atoms with Gasteiger partial charge in [-0.1, -0.05) is 0 Å². The molecule has 2 heterocycles.